The van der Waals surface area contributed by atoms with Crippen LogP contribution in [0.1, 0.15) is 5.56 Å². The van der Waals surface area contributed by atoms with Gasteiger partial charge in [-0.1, -0.05) is 54.6 Å². The van der Waals surface area contributed by atoms with Crippen molar-refractivity contribution < 1.29 is 14.3 Å². The van der Waals surface area contributed by atoms with Crippen LogP contribution in [0.3, 0.4) is 0 Å². The van der Waals surface area contributed by atoms with Crippen molar-refractivity contribution in [3.8, 4) is 23.0 Å². The molecule has 0 unspecified atom stereocenters. The van der Waals surface area contributed by atoms with Crippen molar-refractivity contribution in [1.82, 2.24) is 9.97 Å². The first kappa shape index (κ1) is 17.7. The molecule has 0 aliphatic heterocycles. The average molecular weight is 370 g/mol. The number of esters is 1. The molecule has 0 aliphatic rings. The Morgan fingerprint density at radius 1 is 0.857 bits per heavy atom. The molecule has 138 valence electrons. The van der Waals surface area contributed by atoms with Gasteiger partial charge in [0.05, 0.1) is 24.4 Å². The number of methoxy groups -OCH3 is 1. The van der Waals surface area contributed by atoms with E-state index in [1.165, 1.54) is 7.11 Å². The topological polar surface area (TPSA) is 61.3 Å². The van der Waals surface area contributed by atoms with Gasteiger partial charge >= 0.3 is 5.97 Å². The summed E-state index contributed by atoms with van der Waals surface area (Å²) in [6, 6.07) is 24.9. The van der Waals surface area contributed by atoms with Crippen LogP contribution in [0.15, 0.2) is 78.9 Å². The van der Waals surface area contributed by atoms with E-state index in [0.29, 0.717) is 17.5 Å². The molecule has 3 aromatic carbocycles. The van der Waals surface area contributed by atoms with Crippen LogP contribution in [0.25, 0.3) is 22.3 Å². The number of rotatable bonds is 5. The molecule has 0 aliphatic carbocycles. The van der Waals surface area contributed by atoms with Crippen molar-refractivity contribution in [2.75, 3.05) is 7.11 Å². The highest BCUT2D eigenvalue weighted by atomic mass is 16.5. The molecule has 4 rings (SSSR count). The fourth-order valence-corrected chi connectivity index (χ4v) is 2.87. The van der Waals surface area contributed by atoms with E-state index in [-0.39, 0.29) is 12.4 Å². The van der Waals surface area contributed by atoms with E-state index in [1.54, 1.807) is 0 Å². The highest BCUT2D eigenvalue weighted by Crippen LogP contribution is 2.30. The third kappa shape index (κ3) is 3.83. The van der Waals surface area contributed by atoms with E-state index < -0.39 is 0 Å². The summed E-state index contributed by atoms with van der Waals surface area (Å²) < 4.78 is 10.8. The molecule has 4 aromatic rings. The lowest BCUT2D eigenvalue weighted by Crippen LogP contribution is -2.04. The van der Waals surface area contributed by atoms with Crippen LogP contribution in [0.5, 0.6) is 11.6 Å². The van der Waals surface area contributed by atoms with E-state index in [0.717, 1.165) is 22.0 Å². The van der Waals surface area contributed by atoms with Crippen molar-refractivity contribution in [1.29, 1.82) is 0 Å². The average Bonchev–Trinajstić information content (AvgIpc) is 2.75. The third-order valence-electron chi connectivity index (χ3n) is 4.31. The Bertz CT molecular complexity index is 1110. The summed E-state index contributed by atoms with van der Waals surface area (Å²) >= 11 is 0. The van der Waals surface area contributed by atoms with E-state index in [1.807, 2.05) is 78.9 Å². The van der Waals surface area contributed by atoms with Gasteiger partial charge in [0.1, 0.15) is 5.75 Å². The normalized spacial score (nSPS) is 10.6. The standard InChI is InChI=1S/C23H18N2O3/c1-27-21(26)15-16-11-13-18(14-12-16)28-23-19-9-5-6-10-20(19)24-22(25-23)17-7-3-2-4-8-17/h2-14H,15H2,1H3. The van der Waals surface area contributed by atoms with Gasteiger partial charge in [0, 0.05) is 5.56 Å². The first-order valence-electron chi connectivity index (χ1n) is 8.89. The van der Waals surface area contributed by atoms with Gasteiger partial charge in [0.2, 0.25) is 5.88 Å². The van der Waals surface area contributed by atoms with Crippen LogP contribution >= 0.6 is 0 Å². The molecule has 0 N–H and O–H groups in total. The van der Waals surface area contributed by atoms with Gasteiger partial charge in [0.25, 0.3) is 0 Å². The minimum Gasteiger partial charge on any atom is -0.469 e. The number of para-hydroxylation sites is 1. The first-order valence-corrected chi connectivity index (χ1v) is 8.89. The Hall–Kier alpha value is -3.73. The maximum Gasteiger partial charge on any atom is 0.309 e. The Labute approximate surface area is 162 Å². The Kier molecular flexibility index (Phi) is 4.97. The molecule has 1 heterocycles. The second kappa shape index (κ2) is 7.88. The Balaban J connectivity index is 1.69. The monoisotopic (exact) mass is 370 g/mol. The number of benzene rings is 3. The van der Waals surface area contributed by atoms with Crippen LogP contribution in [0.2, 0.25) is 0 Å². The summed E-state index contributed by atoms with van der Waals surface area (Å²) in [6.45, 7) is 0. The molecule has 5 nitrogen and oxygen atoms in total. The van der Waals surface area contributed by atoms with Gasteiger partial charge in [-0.25, -0.2) is 4.98 Å². The largest absolute Gasteiger partial charge is 0.469 e. The van der Waals surface area contributed by atoms with E-state index in [2.05, 4.69) is 9.97 Å². The van der Waals surface area contributed by atoms with Crippen LogP contribution in [0.4, 0.5) is 0 Å². The van der Waals surface area contributed by atoms with Crippen LogP contribution in [-0.2, 0) is 16.0 Å². The summed E-state index contributed by atoms with van der Waals surface area (Å²) in [5.41, 5.74) is 2.59. The predicted molar refractivity (Wildman–Crippen MR) is 107 cm³/mol. The van der Waals surface area contributed by atoms with Crippen molar-refractivity contribution >= 4 is 16.9 Å². The second-order valence-electron chi connectivity index (χ2n) is 6.23. The van der Waals surface area contributed by atoms with Crippen LogP contribution < -0.4 is 4.74 Å². The number of fused-ring (bicyclic) bond motifs is 1. The third-order valence-corrected chi connectivity index (χ3v) is 4.31. The van der Waals surface area contributed by atoms with Crippen LogP contribution in [-0.4, -0.2) is 23.0 Å². The number of carbonyl (C=O) groups is 1. The van der Waals surface area contributed by atoms with E-state index in [4.69, 9.17) is 9.47 Å². The first-order chi connectivity index (χ1) is 13.7. The van der Waals surface area contributed by atoms with Gasteiger partial charge in [-0.2, -0.15) is 4.98 Å². The van der Waals surface area contributed by atoms with Gasteiger partial charge < -0.3 is 9.47 Å². The van der Waals surface area contributed by atoms with Gasteiger partial charge in [-0.05, 0) is 29.8 Å². The molecule has 0 radical (unpaired) electrons. The fraction of sp³-hybridized carbons (Fsp3) is 0.0870. The summed E-state index contributed by atoms with van der Waals surface area (Å²) in [6.07, 6.45) is 0.228. The molecule has 28 heavy (non-hydrogen) atoms. The number of nitrogens with zero attached hydrogens (tertiary/aromatic N) is 2. The smallest absolute Gasteiger partial charge is 0.309 e. The second-order valence-corrected chi connectivity index (χ2v) is 6.23. The van der Waals surface area contributed by atoms with Gasteiger partial charge in [-0.3, -0.25) is 4.79 Å². The summed E-state index contributed by atoms with van der Waals surface area (Å²) in [5.74, 6) is 1.46. The molecular formula is C23H18N2O3. The Morgan fingerprint density at radius 3 is 2.32 bits per heavy atom. The molecular weight excluding hydrogens is 352 g/mol. The van der Waals surface area contributed by atoms with Crippen molar-refractivity contribution in [2.24, 2.45) is 0 Å². The lowest BCUT2D eigenvalue weighted by molar-refractivity contribution is -0.139. The van der Waals surface area contributed by atoms with Crippen molar-refractivity contribution in [3.63, 3.8) is 0 Å². The lowest BCUT2D eigenvalue weighted by Gasteiger charge is -2.10. The van der Waals surface area contributed by atoms with E-state index >= 15 is 0 Å². The quantitative estimate of drug-likeness (QED) is 0.472. The SMILES string of the molecule is COC(=O)Cc1ccc(Oc2nc(-c3ccccc3)nc3ccccc23)cc1. The van der Waals surface area contributed by atoms with E-state index in [9.17, 15) is 4.79 Å². The number of hydrogen-bond acceptors (Lipinski definition) is 5. The van der Waals surface area contributed by atoms with Crippen LogP contribution in [0, 0.1) is 0 Å². The molecule has 0 saturated heterocycles. The number of ether oxygens (including phenoxy) is 2. The highest BCUT2D eigenvalue weighted by Gasteiger charge is 2.11. The zero-order chi connectivity index (χ0) is 19.3. The Morgan fingerprint density at radius 2 is 1.57 bits per heavy atom. The maximum absolute atomic E-state index is 11.4. The molecule has 1 aromatic heterocycles. The lowest BCUT2D eigenvalue weighted by atomic mass is 10.1. The number of hydrogen-bond donors (Lipinski definition) is 0. The molecule has 0 spiro atoms. The number of aromatic nitrogens is 2. The minimum absolute atomic E-state index is 0.228. The molecule has 0 bridgehead atoms. The van der Waals surface area contributed by atoms with Gasteiger partial charge in [-0.15, -0.1) is 0 Å². The highest BCUT2D eigenvalue weighted by molar-refractivity contribution is 5.85. The maximum atomic E-state index is 11.4. The van der Waals surface area contributed by atoms with Crippen molar-refractivity contribution in [2.45, 2.75) is 6.42 Å². The molecule has 5 heteroatoms. The molecule has 0 amide bonds. The number of carbonyl (C=O) groups excluding carboxylic acids is 1. The zero-order valence-electron chi connectivity index (χ0n) is 15.3. The summed E-state index contributed by atoms with van der Waals surface area (Å²) in [4.78, 5) is 20.7. The summed E-state index contributed by atoms with van der Waals surface area (Å²) in [5, 5.41) is 0.834. The van der Waals surface area contributed by atoms with Gasteiger partial charge in [0.15, 0.2) is 5.82 Å². The zero-order valence-corrected chi connectivity index (χ0v) is 15.3. The van der Waals surface area contributed by atoms with Crippen molar-refractivity contribution in [3.05, 3.63) is 84.4 Å². The molecule has 0 atom stereocenters. The predicted octanol–water partition coefficient (Wildman–Crippen LogP) is 4.80. The fourth-order valence-electron chi connectivity index (χ4n) is 2.87. The molecule has 0 saturated carbocycles. The minimum atomic E-state index is -0.275. The summed E-state index contributed by atoms with van der Waals surface area (Å²) in [7, 11) is 1.38. The molecule has 0 fully saturated rings.